The minimum Gasteiger partial charge on any atom is -0.249 e. The van der Waals surface area contributed by atoms with Gasteiger partial charge in [-0.05, 0) is 23.6 Å². The largest absolute Gasteiger partial charge is 0.249 e. The zero-order chi connectivity index (χ0) is 10.1. The lowest BCUT2D eigenvalue weighted by Crippen LogP contribution is -1.95. The third-order valence-electron chi connectivity index (χ3n) is 2.00. The molecule has 1 aromatic rings. The fraction of sp³-hybridized carbons (Fsp3) is 0.400. The van der Waals surface area contributed by atoms with Crippen LogP contribution < -0.4 is 0 Å². The van der Waals surface area contributed by atoms with E-state index in [0.717, 1.165) is 0 Å². The van der Waals surface area contributed by atoms with Crippen molar-refractivity contribution in [3.05, 3.63) is 29.8 Å². The molecule has 1 N–H and O–H groups in total. The Bertz CT molecular complexity index is 376. The average molecular weight is 197 g/mol. The summed E-state index contributed by atoms with van der Waals surface area (Å²) in [5.74, 6) is 0.479. The molecule has 0 saturated heterocycles. The fourth-order valence-corrected chi connectivity index (χ4v) is 1.77. The first-order valence-electron chi connectivity index (χ1n) is 4.25. The Balaban J connectivity index is 3.08. The van der Waals surface area contributed by atoms with Crippen LogP contribution in [0, 0.1) is 4.78 Å². The summed E-state index contributed by atoms with van der Waals surface area (Å²) in [6.07, 6.45) is 1.44. The van der Waals surface area contributed by atoms with Crippen LogP contribution in [0.25, 0.3) is 0 Å². The molecule has 3 heteroatoms. The lowest BCUT2D eigenvalue weighted by molar-refractivity contribution is 0.679. The molecule has 0 fully saturated rings. The molecule has 0 heterocycles. The van der Waals surface area contributed by atoms with Gasteiger partial charge in [-0.25, -0.2) is 8.99 Å². The maximum Gasteiger partial charge on any atom is 0.0696 e. The number of rotatable bonds is 2. The summed E-state index contributed by atoms with van der Waals surface area (Å²) >= 11 is 0. The molecule has 0 amide bonds. The van der Waals surface area contributed by atoms with Crippen LogP contribution in [0.2, 0.25) is 0 Å². The molecule has 0 aromatic heterocycles. The predicted molar refractivity (Wildman–Crippen MR) is 55.6 cm³/mol. The molecular formula is C10H15NOS. The van der Waals surface area contributed by atoms with E-state index >= 15 is 0 Å². The van der Waals surface area contributed by atoms with Gasteiger partial charge in [-0.3, -0.25) is 0 Å². The number of hydrogen-bond acceptors (Lipinski definition) is 2. The smallest absolute Gasteiger partial charge is 0.0696 e. The second-order valence-electron chi connectivity index (χ2n) is 3.57. The first-order chi connectivity index (χ1) is 5.91. The highest BCUT2D eigenvalue weighted by Gasteiger charge is 2.03. The molecule has 0 aliphatic heterocycles. The van der Waals surface area contributed by atoms with Gasteiger partial charge in [-0.2, -0.15) is 0 Å². The lowest BCUT2D eigenvalue weighted by Gasteiger charge is -2.06. The van der Waals surface area contributed by atoms with Gasteiger partial charge in [0.25, 0.3) is 0 Å². The molecule has 0 spiro atoms. The molecule has 1 atom stereocenters. The van der Waals surface area contributed by atoms with E-state index in [-0.39, 0.29) is 0 Å². The second kappa shape index (κ2) is 3.50. The molecule has 0 radical (unpaired) electrons. The Kier molecular flexibility index (Phi) is 2.76. The highest BCUT2D eigenvalue weighted by Crippen LogP contribution is 2.17. The van der Waals surface area contributed by atoms with Crippen LogP contribution in [0.3, 0.4) is 0 Å². The van der Waals surface area contributed by atoms with Gasteiger partial charge in [0.2, 0.25) is 0 Å². The van der Waals surface area contributed by atoms with Crippen LogP contribution in [0.5, 0.6) is 0 Å². The fourth-order valence-electron chi connectivity index (χ4n) is 1.11. The Hall–Kier alpha value is -0.830. The minimum atomic E-state index is -2.55. The third-order valence-corrected chi connectivity index (χ3v) is 3.17. The van der Waals surface area contributed by atoms with E-state index < -0.39 is 9.73 Å². The van der Waals surface area contributed by atoms with E-state index in [1.165, 1.54) is 11.8 Å². The van der Waals surface area contributed by atoms with Gasteiger partial charge < -0.3 is 0 Å². The first kappa shape index (κ1) is 10.3. The third kappa shape index (κ3) is 2.56. The Morgan fingerprint density at radius 3 is 2.00 bits per heavy atom. The van der Waals surface area contributed by atoms with Crippen molar-refractivity contribution < 1.29 is 4.21 Å². The standard InChI is InChI=1S/C10H15NOS/c1-8(2)9-4-6-10(7-5-9)13(3,11)12/h4-8,11H,1-3H3/t13-/m0/s1. The van der Waals surface area contributed by atoms with Crippen LogP contribution in [-0.4, -0.2) is 10.5 Å². The van der Waals surface area contributed by atoms with Crippen molar-refractivity contribution in [3.63, 3.8) is 0 Å². The van der Waals surface area contributed by atoms with E-state index in [0.29, 0.717) is 10.8 Å². The summed E-state index contributed by atoms with van der Waals surface area (Å²) in [4.78, 5) is 0.608. The number of nitrogens with one attached hydrogen (secondary N) is 1. The van der Waals surface area contributed by atoms with Gasteiger partial charge in [-0.15, -0.1) is 0 Å². The Labute approximate surface area is 80.0 Å². The van der Waals surface area contributed by atoms with Crippen LogP contribution >= 0.6 is 0 Å². The van der Waals surface area contributed by atoms with Crippen molar-refractivity contribution in [1.29, 1.82) is 4.78 Å². The Morgan fingerprint density at radius 1 is 1.23 bits per heavy atom. The lowest BCUT2D eigenvalue weighted by atomic mass is 10.0. The molecule has 1 aromatic carbocycles. The van der Waals surface area contributed by atoms with E-state index in [2.05, 4.69) is 13.8 Å². The maximum absolute atomic E-state index is 11.3. The molecular weight excluding hydrogens is 182 g/mol. The summed E-state index contributed by atoms with van der Waals surface area (Å²) < 4.78 is 18.7. The van der Waals surface area contributed by atoms with E-state index in [1.54, 1.807) is 12.1 Å². The number of hydrogen-bond donors (Lipinski definition) is 1. The van der Waals surface area contributed by atoms with Crippen LogP contribution in [-0.2, 0) is 9.73 Å². The molecule has 72 valence electrons. The van der Waals surface area contributed by atoms with Gasteiger partial charge in [0.05, 0.1) is 9.73 Å². The highest BCUT2D eigenvalue weighted by atomic mass is 32.2. The van der Waals surface area contributed by atoms with Crippen molar-refractivity contribution >= 4 is 9.73 Å². The average Bonchev–Trinajstić information content (AvgIpc) is 2.03. The molecule has 2 nitrogen and oxygen atoms in total. The van der Waals surface area contributed by atoms with Crippen molar-refractivity contribution in [3.8, 4) is 0 Å². The maximum atomic E-state index is 11.3. The minimum absolute atomic E-state index is 0.479. The zero-order valence-electron chi connectivity index (χ0n) is 8.20. The summed E-state index contributed by atoms with van der Waals surface area (Å²) in [6.45, 7) is 4.22. The van der Waals surface area contributed by atoms with E-state index in [4.69, 9.17) is 4.78 Å². The van der Waals surface area contributed by atoms with Gasteiger partial charge in [-0.1, -0.05) is 26.0 Å². The molecule has 0 aliphatic carbocycles. The molecule has 1 rings (SSSR count). The van der Waals surface area contributed by atoms with Crippen LogP contribution in [0.1, 0.15) is 25.3 Å². The first-order valence-corrected chi connectivity index (χ1v) is 6.21. The normalized spacial score (nSPS) is 15.7. The molecule has 0 aliphatic rings. The van der Waals surface area contributed by atoms with Crippen molar-refractivity contribution in [2.75, 3.05) is 6.26 Å². The predicted octanol–water partition coefficient (Wildman–Crippen LogP) is 2.85. The molecule has 0 bridgehead atoms. The number of benzene rings is 1. The van der Waals surface area contributed by atoms with Crippen molar-refractivity contribution in [2.24, 2.45) is 0 Å². The highest BCUT2D eigenvalue weighted by molar-refractivity contribution is 7.91. The quantitative estimate of drug-likeness (QED) is 0.778. The SMILES string of the molecule is CC(C)c1ccc([S@@](C)(=N)=O)cc1. The summed E-state index contributed by atoms with van der Waals surface area (Å²) in [5.41, 5.74) is 1.22. The van der Waals surface area contributed by atoms with Gasteiger partial charge in [0.15, 0.2) is 0 Å². The van der Waals surface area contributed by atoms with Gasteiger partial charge in [0, 0.05) is 11.2 Å². The Morgan fingerprint density at radius 2 is 1.69 bits per heavy atom. The topological polar surface area (TPSA) is 40.9 Å². The summed E-state index contributed by atoms with van der Waals surface area (Å²) in [6, 6.07) is 7.45. The van der Waals surface area contributed by atoms with Crippen molar-refractivity contribution in [2.45, 2.75) is 24.7 Å². The zero-order valence-corrected chi connectivity index (χ0v) is 9.02. The molecule has 0 saturated carbocycles. The monoisotopic (exact) mass is 197 g/mol. The van der Waals surface area contributed by atoms with E-state index in [1.807, 2.05) is 12.1 Å². The van der Waals surface area contributed by atoms with Crippen LogP contribution in [0.4, 0.5) is 0 Å². The van der Waals surface area contributed by atoms with Crippen molar-refractivity contribution in [1.82, 2.24) is 0 Å². The van der Waals surface area contributed by atoms with Gasteiger partial charge in [0.1, 0.15) is 0 Å². The molecule has 0 unspecified atom stereocenters. The second-order valence-corrected chi connectivity index (χ2v) is 5.73. The summed E-state index contributed by atoms with van der Waals surface area (Å²) in [7, 11) is -2.55. The van der Waals surface area contributed by atoms with Crippen LogP contribution in [0.15, 0.2) is 29.2 Å². The van der Waals surface area contributed by atoms with E-state index in [9.17, 15) is 4.21 Å². The molecule has 13 heavy (non-hydrogen) atoms. The van der Waals surface area contributed by atoms with Gasteiger partial charge >= 0.3 is 0 Å². The summed E-state index contributed by atoms with van der Waals surface area (Å²) in [5, 5.41) is 0.